The molecule has 2 aromatic rings. The fourth-order valence-corrected chi connectivity index (χ4v) is 2.26. The Morgan fingerprint density at radius 1 is 1.37 bits per heavy atom. The molecule has 0 radical (unpaired) electrons. The van der Waals surface area contributed by atoms with E-state index in [1.807, 2.05) is 42.2 Å². The highest BCUT2D eigenvalue weighted by Crippen LogP contribution is 2.22. The van der Waals surface area contributed by atoms with Crippen molar-refractivity contribution in [2.75, 3.05) is 11.9 Å². The maximum Gasteiger partial charge on any atom is 0.0674 e. The minimum absolute atomic E-state index is 0.0600. The number of nitrogens with zero attached hydrogens (tertiary/aromatic N) is 2. The fraction of sp³-hybridized carbons (Fsp3) is 0.357. The minimum Gasteiger partial charge on any atom is -0.377 e. The maximum atomic E-state index is 5.89. The SMILES string of the molecule is CCc1nn(C)cc1C(CN)Nc1ccc(Cl)cc1. The molecule has 0 saturated carbocycles. The molecule has 0 bridgehead atoms. The van der Waals surface area contributed by atoms with Gasteiger partial charge in [-0.05, 0) is 30.7 Å². The van der Waals surface area contributed by atoms with Crippen molar-refractivity contribution in [1.82, 2.24) is 9.78 Å². The van der Waals surface area contributed by atoms with Gasteiger partial charge in [-0.3, -0.25) is 4.68 Å². The lowest BCUT2D eigenvalue weighted by Crippen LogP contribution is -2.21. The second kappa shape index (κ2) is 6.08. The number of hydrogen-bond donors (Lipinski definition) is 2. The highest BCUT2D eigenvalue weighted by atomic mass is 35.5. The first-order valence-electron chi connectivity index (χ1n) is 6.38. The largest absolute Gasteiger partial charge is 0.377 e. The van der Waals surface area contributed by atoms with Gasteiger partial charge >= 0.3 is 0 Å². The Hall–Kier alpha value is -1.52. The van der Waals surface area contributed by atoms with Crippen molar-refractivity contribution in [3.8, 4) is 0 Å². The predicted molar refractivity (Wildman–Crippen MR) is 79.5 cm³/mol. The number of aromatic nitrogens is 2. The highest BCUT2D eigenvalue weighted by Gasteiger charge is 2.16. The topological polar surface area (TPSA) is 55.9 Å². The summed E-state index contributed by atoms with van der Waals surface area (Å²) in [6.45, 7) is 2.61. The first-order valence-corrected chi connectivity index (χ1v) is 6.76. The monoisotopic (exact) mass is 278 g/mol. The van der Waals surface area contributed by atoms with Crippen LogP contribution in [0, 0.1) is 0 Å². The molecule has 0 aliphatic heterocycles. The molecule has 1 aromatic heterocycles. The lowest BCUT2D eigenvalue weighted by Gasteiger charge is -2.18. The first-order chi connectivity index (χ1) is 9.13. The van der Waals surface area contributed by atoms with Gasteiger partial charge in [-0.1, -0.05) is 18.5 Å². The number of hydrogen-bond acceptors (Lipinski definition) is 3. The van der Waals surface area contributed by atoms with Crippen LogP contribution in [0.2, 0.25) is 5.02 Å². The molecule has 1 aromatic carbocycles. The van der Waals surface area contributed by atoms with Crippen molar-refractivity contribution < 1.29 is 0 Å². The zero-order valence-electron chi connectivity index (χ0n) is 11.2. The fourth-order valence-electron chi connectivity index (χ4n) is 2.13. The summed E-state index contributed by atoms with van der Waals surface area (Å²) in [4.78, 5) is 0. The molecule has 102 valence electrons. The van der Waals surface area contributed by atoms with Crippen molar-refractivity contribution in [3.05, 3.63) is 46.7 Å². The van der Waals surface area contributed by atoms with Crippen LogP contribution in [-0.2, 0) is 13.5 Å². The quantitative estimate of drug-likeness (QED) is 0.884. The number of aryl methyl sites for hydroxylation is 2. The molecule has 2 rings (SSSR count). The van der Waals surface area contributed by atoms with Gasteiger partial charge in [0.25, 0.3) is 0 Å². The van der Waals surface area contributed by atoms with E-state index in [1.54, 1.807) is 0 Å². The smallest absolute Gasteiger partial charge is 0.0674 e. The van der Waals surface area contributed by atoms with E-state index in [0.29, 0.717) is 6.54 Å². The lowest BCUT2D eigenvalue weighted by molar-refractivity contribution is 0.746. The van der Waals surface area contributed by atoms with E-state index in [1.165, 1.54) is 0 Å². The minimum atomic E-state index is 0.0600. The Labute approximate surface area is 118 Å². The van der Waals surface area contributed by atoms with Crippen LogP contribution in [0.4, 0.5) is 5.69 Å². The average molecular weight is 279 g/mol. The van der Waals surface area contributed by atoms with E-state index in [0.717, 1.165) is 28.4 Å². The standard InChI is InChI=1S/C14H19ClN4/c1-3-13-12(9-19(2)18-13)14(8-16)17-11-6-4-10(15)5-7-11/h4-7,9,14,17H,3,8,16H2,1-2H3. The summed E-state index contributed by atoms with van der Waals surface area (Å²) in [6.07, 6.45) is 2.92. The first kappa shape index (κ1) is 13.9. The van der Waals surface area contributed by atoms with Crippen LogP contribution < -0.4 is 11.1 Å². The lowest BCUT2D eigenvalue weighted by atomic mass is 10.1. The van der Waals surface area contributed by atoms with E-state index in [9.17, 15) is 0 Å². The number of anilines is 1. The summed E-state index contributed by atoms with van der Waals surface area (Å²) in [7, 11) is 1.93. The molecule has 19 heavy (non-hydrogen) atoms. The Kier molecular flexibility index (Phi) is 4.45. The van der Waals surface area contributed by atoms with Crippen LogP contribution in [-0.4, -0.2) is 16.3 Å². The van der Waals surface area contributed by atoms with Gasteiger partial charge in [0.05, 0.1) is 11.7 Å². The van der Waals surface area contributed by atoms with Gasteiger partial charge in [0.15, 0.2) is 0 Å². The Morgan fingerprint density at radius 3 is 2.63 bits per heavy atom. The van der Waals surface area contributed by atoms with Crippen LogP contribution >= 0.6 is 11.6 Å². The summed E-state index contributed by atoms with van der Waals surface area (Å²) >= 11 is 5.88. The number of nitrogens with two attached hydrogens (primary N) is 1. The second-order valence-electron chi connectivity index (χ2n) is 4.50. The molecular formula is C14H19ClN4. The Bertz CT molecular complexity index is 533. The molecule has 0 saturated heterocycles. The molecule has 1 atom stereocenters. The third-order valence-corrected chi connectivity index (χ3v) is 3.32. The third-order valence-electron chi connectivity index (χ3n) is 3.07. The van der Waals surface area contributed by atoms with Crippen molar-refractivity contribution in [3.63, 3.8) is 0 Å². The Morgan fingerprint density at radius 2 is 2.05 bits per heavy atom. The maximum absolute atomic E-state index is 5.89. The van der Waals surface area contributed by atoms with E-state index in [2.05, 4.69) is 17.3 Å². The van der Waals surface area contributed by atoms with Gasteiger partial charge in [0, 0.05) is 36.1 Å². The Balaban J connectivity index is 2.22. The molecule has 0 fully saturated rings. The van der Waals surface area contributed by atoms with Crippen LogP contribution in [0.15, 0.2) is 30.5 Å². The van der Waals surface area contributed by atoms with Crippen molar-refractivity contribution >= 4 is 17.3 Å². The molecule has 0 aliphatic carbocycles. The summed E-state index contributed by atoms with van der Waals surface area (Å²) in [5.41, 5.74) is 9.13. The van der Waals surface area contributed by atoms with Crippen molar-refractivity contribution in [1.29, 1.82) is 0 Å². The van der Waals surface area contributed by atoms with Crippen LogP contribution in [0.1, 0.15) is 24.2 Å². The molecule has 5 heteroatoms. The summed E-state index contributed by atoms with van der Waals surface area (Å²) < 4.78 is 1.83. The van der Waals surface area contributed by atoms with Crippen LogP contribution in [0.5, 0.6) is 0 Å². The summed E-state index contributed by atoms with van der Waals surface area (Å²) in [5.74, 6) is 0. The second-order valence-corrected chi connectivity index (χ2v) is 4.93. The molecule has 0 spiro atoms. The molecule has 1 heterocycles. The molecular weight excluding hydrogens is 260 g/mol. The van der Waals surface area contributed by atoms with Crippen LogP contribution in [0.25, 0.3) is 0 Å². The van der Waals surface area contributed by atoms with Gasteiger partial charge in [-0.25, -0.2) is 0 Å². The van der Waals surface area contributed by atoms with Crippen molar-refractivity contribution in [2.45, 2.75) is 19.4 Å². The predicted octanol–water partition coefficient (Wildman–Crippen LogP) is 2.75. The van der Waals surface area contributed by atoms with E-state index < -0.39 is 0 Å². The number of halogens is 1. The summed E-state index contributed by atoms with van der Waals surface area (Å²) in [5, 5.41) is 8.60. The third kappa shape index (κ3) is 3.28. The van der Waals surface area contributed by atoms with Gasteiger partial charge in [-0.15, -0.1) is 0 Å². The van der Waals surface area contributed by atoms with Crippen molar-refractivity contribution in [2.24, 2.45) is 12.8 Å². The normalized spacial score (nSPS) is 12.4. The van der Waals surface area contributed by atoms with E-state index >= 15 is 0 Å². The van der Waals surface area contributed by atoms with Gasteiger partial charge in [0.1, 0.15) is 0 Å². The highest BCUT2D eigenvalue weighted by molar-refractivity contribution is 6.30. The van der Waals surface area contributed by atoms with Gasteiger partial charge in [-0.2, -0.15) is 5.10 Å². The van der Waals surface area contributed by atoms with Gasteiger partial charge in [0.2, 0.25) is 0 Å². The zero-order valence-corrected chi connectivity index (χ0v) is 12.0. The number of nitrogens with one attached hydrogen (secondary N) is 1. The molecule has 1 unspecified atom stereocenters. The average Bonchev–Trinajstić information content (AvgIpc) is 2.79. The number of benzene rings is 1. The molecule has 0 amide bonds. The van der Waals surface area contributed by atoms with E-state index in [-0.39, 0.29) is 6.04 Å². The molecule has 3 N–H and O–H groups in total. The van der Waals surface area contributed by atoms with Crippen LogP contribution in [0.3, 0.4) is 0 Å². The molecule has 4 nitrogen and oxygen atoms in total. The zero-order chi connectivity index (χ0) is 13.8. The summed E-state index contributed by atoms with van der Waals surface area (Å²) in [6, 6.07) is 7.69. The molecule has 0 aliphatic rings. The van der Waals surface area contributed by atoms with Gasteiger partial charge < -0.3 is 11.1 Å². The number of rotatable bonds is 5. The van der Waals surface area contributed by atoms with E-state index in [4.69, 9.17) is 17.3 Å².